The molecule has 0 unspecified atom stereocenters. The lowest BCUT2D eigenvalue weighted by Gasteiger charge is -2.47. The van der Waals surface area contributed by atoms with Crippen LogP contribution in [0.4, 0.5) is 34.3 Å². The second-order valence-electron chi connectivity index (χ2n) is 21.0. The van der Waals surface area contributed by atoms with Crippen LogP contribution in [0, 0.1) is 6.92 Å². The van der Waals surface area contributed by atoms with Gasteiger partial charge < -0.3 is 9.32 Å². The lowest BCUT2D eigenvalue weighted by Crippen LogP contribution is -2.61. The number of hydrogen-bond acceptors (Lipinski definition) is 3. The summed E-state index contributed by atoms with van der Waals surface area (Å²) in [5, 5.41) is 1.17. The van der Waals surface area contributed by atoms with Gasteiger partial charge in [0.15, 0.2) is 0 Å². The molecule has 0 N–H and O–H groups in total. The first-order valence-corrected chi connectivity index (χ1v) is 21.7. The first kappa shape index (κ1) is 37.8. The number of fused-ring (bicyclic) bond motifs is 7. The lowest BCUT2D eigenvalue weighted by atomic mass is 9.33. The van der Waals surface area contributed by atoms with Crippen LogP contribution in [0.15, 0.2) is 126 Å². The molecule has 3 nitrogen and oxygen atoms in total. The molecule has 0 radical (unpaired) electrons. The van der Waals surface area contributed by atoms with Gasteiger partial charge in [0, 0.05) is 39.2 Å². The molecule has 0 saturated carbocycles. The van der Waals surface area contributed by atoms with E-state index >= 15 is 0 Å². The highest BCUT2D eigenvalue weighted by atomic mass is 16.4. The zero-order chi connectivity index (χ0) is 41.4. The summed E-state index contributed by atoms with van der Waals surface area (Å²) in [5.74, 6) is 0.909. The van der Waals surface area contributed by atoms with Crippen LogP contribution in [0.3, 0.4) is 0 Å². The summed E-state index contributed by atoms with van der Waals surface area (Å²) in [6.45, 7) is 25.8. The quantitative estimate of drug-likeness (QED) is 0.167. The van der Waals surface area contributed by atoms with Gasteiger partial charge in [0.2, 0.25) is 5.88 Å². The fourth-order valence-corrected chi connectivity index (χ4v) is 10.3. The summed E-state index contributed by atoms with van der Waals surface area (Å²) in [4.78, 5) is 5.05. The van der Waals surface area contributed by atoms with E-state index in [1.807, 2.05) is 0 Å². The number of aryl methyl sites for hydroxylation is 1. The summed E-state index contributed by atoms with van der Waals surface area (Å²) in [6.07, 6.45) is 2.33. The van der Waals surface area contributed by atoms with Crippen molar-refractivity contribution in [1.82, 2.24) is 0 Å². The number of anilines is 6. The van der Waals surface area contributed by atoms with Crippen molar-refractivity contribution in [2.75, 3.05) is 9.80 Å². The molecule has 0 bridgehead atoms. The predicted octanol–water partition coefficient (Wildman–Crippen LogP) is 13.4. The van der Waals surface area contributed by atoms with Gasteiger partial charge in [-0.1, -0.05) is 142 Å². The molecule has 0 spiro atoms. The van der Waals surface area contributed by atoms with Gasteiger partial charge in [-0.2, -0.15) is 0 Å². The van der Waals surface area contributed by atoms with Crippen molar-refractivity contribution in [1.29, 1.82) is 0 Å². The third-order valence-corrected chi connectivity index (χ3v) is 13.9. The number of hydrogen-bond donors (Lipinski definition) is 0. The second-order valence-corrected chi connectivity index (χ2v) is 21.0. The number of para-hydroxylation sites is 1. The van der Waals surface area contributed by atoms with Crippen molar-refractivity contribution < 1.29 is 4.42 Å². The van der Waals surface area contributed by atoms with Gasteiger partial charge in [0.25, 0.3) is 6.71 Å². The zero-order valence-electron chi connectivity index (χ0n) is 36.8. The van der Waals surface area contributed by atoms with Gasteiger partial charge in [-0.05, 0) is 134 Å². The molecule has 296 valence electrons. The Morgan fingerprint density at radius 3 is 1.81 bits per heavy atom. The molecule has 4 heteroatoms. The Kier molecular flexibility index (Phi) is 8.17. The monoisotopic (exact) mass is 772 g/mol. The van der Waals surface area contributed by atoms with Gasteiger partial charge in [0.1, 0.15) is 5.58 Å². The van der Waals surface area contributed by atoms with Crippen molar-refractivity contribution in [2.24, 2.45) is 0 Å². The fraction of sp³-hybridized carbons (Fsp3) is 0.309. The smallest absolute Gasteiger partial charge is 0.257 e. The Hall–Kier alpha value is -5.48. The molecule has 1 aromatic heterocycles. The molecule has 7 aromatic rings. The number of rotatable bonds is 3. The van der Waals surface area contributed by atoms with Crippen LogP contribution in [0.25, 0.3) is 22.1 Å². The maximum absolute atomic E-state index is 7.21. The fourth-order valence-electron chi connectivity index (χ4n) is 10.3. The van der Waals surface area contributed by atoms with Gasteiger partial charge in [-0.3, -0.25) is 4.90 Å². The van der Waals surface area contributed by atoms with Gasteiger partial charge in [-0.15, -0.1) is 0 Å². The van der Waals surface area contributed by atoms with Crippen LogP contribution in [-0.4, -0.2) is 6.71 Å². The SMILES string of the molecule is Cc1cc2c3c(c1)N(c1ccc(C(C)(C)C)cc1-c1ccccc1)c1oc4ccccc4c1B3c1cc3c(cc1N2c1ccc(C(C)(C)C)cc1)C(C)(C)CCC3(C)C. The molecule has 0 fully saturated rings. The van der Waals surface area contributed by atoms with Crippen molar-refractivity contribution >= 4 is 68.4 Å². The zero-order valence-corrected chi connectivity index (χ0v) is 36.8. The van der Waals surface area contributed by atoms with Gasteiger partial charge in [-0.25, -0.2) is 0 Å². The summed E-state index contributed by atoms with van der Waals surface area (Å²) >= 11 is 0. The minimum absolute atomic E-state index is 0.0176. The average molecular weight is 773 g/mol. The molecular formula is C55H57BN2O. The van der Waals surface area contributed by atoms with E-state index in [1.54, 1.807) is 0 Å². The third-order valence-electron chi connectivity index (χ3n) is 13.9. The van der Waals surface area contributed by atoms with Crippen molar-refractivity contribution in [3.63, 3.8) is 0 Å². The molecule has 3 heterocycles. The van der Waals surface area contributed by atoms with Crippen LogP contribution in [-0.2, 0) is 21.7 Å². The first-order valence-electron chi connectivity index (χ1n) is 21.7. The van der Waals surface area contributed by atoms with Crippen LogP contribution in [0.1, 0.15) is 110 Å². The van der Waals surface area contributed by atoms with E-state index in [2.05, 4.69) is 207 Å². The van der Waals surface area contributed by atoms with E-state index < -0.39 is 0 Å². The normalized spacial score (nSPS) is 16.4. The largest absolute Gasteiger partial charge is 0.440 e. The summed E-state index contributed by atoms with van der Waals surface area (Å²) in [7, 11) is 0. The van der Waals surface area contributed by atoms with Crippen LogP contribution < -0.4 is 26.2 Å². The highest BCUT2D eigenvalue weighted by Crippen LogP contribution is 2.52. The van der Waals surface area contributed by atoms with Crippen molar-refractivity contribution in [3.8, 4) is 11.1 Å². The first-order chi connectivity index (χ1) is 27.9. The highest BCUT2D eigenvalue weighted by molar-refractivity contribution is 7.01. The standard InChI is InChI=1S/C55H57BN2O/c1-34-29-46-50-47(30-34)58(44-26-23-37(53(5,6)7)31-40(44)35-17-13-12-14-18-35)51-49(39-19-15-16-20-48(39)59-51)56(50)43-32-41-42(55(10,11)28-27-54(41,8)9)33-45(43)57(46)38-24-21-36(22-25-38)52(2,3)4/h12-26,29-33H,27-28H2,1-11H3. The Labute approximate surface area is 352 Å². The molecule has 59 heavy (non-hydrogen) atoms. The summed E-state index contributed by atoms with van der Waals surface area (Å²) in [6, 6.07) is 46.1. The van der Waals surface area contributed by atoms with Gasteiger partial charge in [0.05, 0.1) is 5.69 Å². The molecule has 0 saturated heterocycles. The van der Waals surface area contributed by atoms with Crippen LogP contribution in [0.5, 0.6) is 0 Å². The van der Waals surface area contributed by atoms with Crippen molar-refractivity contribution in [3.05, 3.63) is 149 Å². The van der Waals surface area contributed by atoms with Gasteiger partial charge >= 0.3 is 0 Å². The Balaban J connectivity index is 1.33. The molecule has 10 rings (SSSR count). The molecule has 0 atom stereocenters. The molecule has 1 aliphatic carbocycles. The van der Waals surface area contributed by atoms with E-state index in [0.29, 0.717) is 0 Å². The van der Waals surface area contributed by atoms with E-state index in [-0.39, 0.29) is 28.4 Å². The van der Waals surface area contributed by atoms with E-state index in [1.165, 1.54) is 89.9 Å². The maximum atomic E-state index is 7.21. The maximum Gasteiger partial charge on any atom is 0.257 e. The number of furan rings is 1. The Bertz CT molecular complexity index is 2810. The molecular weight excluding hydrogens is 715 g/mol. The minimum atomic E-state index is -0.0317. The average Bonchev–Trinajstić information content (AvgIpc) is 3.58. The molecule has 2 aliphatic heterocycles. The molecule has 0 amide bonds. The highest BCUT2D eigenvalue weighted by Gasteiger charge is 2.48. The second kappa shape index (κ2) is 12.8. The van der Waals surface area contributed by atoms with Crippen molar-refractivity contribution in [2.45, 2.75) is 111 Å². The summed E-state index contributed by atoms with van der Waals surface area (Å²) in [5.41, 5.74) is 20.2. The number of benzene rings is 6. The molecule has 3 aliphatic rings. The van der Waals surface area contributed by atoms with Crippen LogP contribution in [0.2, 0.25) is 0 Å². The molecule has 6 aromatic carbocycles. The lowest BCUT2D eigenvalue weighted by molar-refractivity contribution is 0.332. The van der Waals surface area contributed by atoms with E-state index in [9.17, 15) is 0 Å². The minimum Gasteiger partial charge on any atom is -0.440 e. The number of nitrogens with zero attached hydrogens (tertiary/aromatic N) is 2. The Morgan fingerprint density at radius 2 is 1.15 bits per heavy atom. The summed E-state index contributed by atoms with van der Waals surface area (Å²) < 4.78 is 7.21. The topological polar surface area (TPSA) is 19.6 Å². The third kappa shape index (κ3) is 5.84. The van der Waals surface area contributed by atoms with Crippen LogP contribution >= 0.6 is 0 Å². The predicted molar refractivity (Wildman–Crippen MR) is 253 cm³/mol. The van der Waals surface area contributed by atoms with E-state index in [0.717, 1.165) is 23.6 Å². The Morgan fingerprint density at radius 1 is 0.559 bits per heavy atom. The van der Waals surface area contributed by atoms with E-state index in [4.69, 9.17) is 4.42 Å².